The zero-order valence-corrected chi connectivity index (χ0v) is 7.80. The molecule has 1 atom stereocenters. The summed E-state index contributed by atoms with van der Waals surface area (Å²) in [6, 6.07) is 0. The summed E-state index contributed by atoms with van der Waals surface area (Å²) in [5, 5.41) is 18.0. The molecule has 0 aromatic heterocycles. The normalized spacial score (nSPS) is 26.6. The van der Waals surface area contributed by atoms with Crippen molar-refractivity contribution in [3.63, 3.8) is 0 Å². The standard InChI is InChI=1S/C10H12O4/c1-14-10(13)6-4-8(5-7-10)2-3-9(11)12/h2-6,13H,7H2,1H3,(H,11,12). The molecule has 0 aliphatic heterocycles. The van der Waals surface area contributed by atoms with Crippen LogP contribution in [0.1, 0.15) is 6.42 Å². The molecule has 0 amide bonds. The van der Waals surface area contributed by atoms with Crippen molar-refractivity contribution in [1.29, 1.82) is 0 Å². The Balaban J connectivity index is 2.64. The van der Waals surface area contributed by atoms with Crippen molar-refractivity contribution in [2.24, 2.45) is 0 Å². The van der Waals surface area contributed by atoms with E-state index in [9.17, 15) is 9.90 Å². The molecule has 0 saturated heterocycles. The first kappa shape index (κ1) is 10.7. The maximum Gasteiger partial charge on any atom is 0.328 e. The Hall–Kier alpha value is -1.39. The average molecular weight is 196 g/mol. The van der Waals surface area contributed by atoms with Gasteiger partial charge in [-0.15, -0.1) is 0 Å². The van der Waals surface area contributed by atoms with Crippen LogP contribution in [0.4, 0.5) is 0 Å². The Morgan fingerprint density at radius 1 is 1.71 bits per heavy atom. The summed E-state index contributed by atoms with van der Waals surface area (Å²) in [6.45, 7) is 0. The van der Waals surface area contributed by atoms with Crippen LogP contribution in [0.3, 0.4) is 0 Å². The van der Waals surface area contributed by atoms with E-state index in [-0.39, 0.29) is 0 Å². The number of ether oxygens (including phenoxy) is 1. The highest BCUT2D eigenvalue weighted by Gasteiger charge is 2.23. The van der Waals surface area contributed by atoms with Crippen LogP contribution in [0, 0.1) is 0 Å². The van der Waals surface area contributed by atoms with Crippen molar-refractivity contribution in [2.45, 2.75) is 12.2 Å². The van der Waals surface area contributed by atoms with Gasteiger partial charge in [-0.25, -0.2) is 4.79 Å². The number of carbonyl (C=O) groups is 1. The lowest BCUT2D eigenvalue weighted by Crippen LogP contribution is -2.28. The van der Waals surface area contributed by atoms with Gasteiger partial charge in [-0.05, 0) is 17.7 Å². The quantitative estimate of drug-likeness (QED) is 0.518. The molecular weight excluding hydrogens is 184 g/mol. The predicted molar refractivity (Wildman–Crippen MR) is 50.6 cm³/mol. The van der Waals surface area contributed by atoms with E-state index in [1.54, 1.807) is 12.2 Å². The summed E-state index contributed by atoms with van der Waals surface area (Å²) in [6.07, 6.45) is 7.66. The van der Waals surface area contributed by atoms with E-state index >= 15 is 0 Å². The number of hydrogen-bond acceptors (Lipinski definition) is 3. The second kappa shape index (κ2) is 4.21. The molecule has 0 saturated carbocycles. The number of aliphatic carboxylic acids is 1. The molecule has 0 spiro atoms. The van der Waals surface area contributed by atoms with E-state index in [0.717, 1.165) is 11.6 Å². The third-order valence-corrected chi connectivity index (χ3v) is 1.94. The number of hydrogen-bond donors (Lipinski definition) is 2. The molecule has 0 aromatic carbocycles. The van der Waals surface area contributed by atoms with Crippen molar-refractivity contribution in [3.8, 4) is 0 Å². The molecule has 1 aliphatic carbocycles. The molecule has 14 heavy (non-hydrogen) atoms. The molecule has 2 N–H and O–H groups in total. The van der Waals surface area contributed by atoms with Crippen LogP contribution < -0.4 is 0 Å². The first-order chi connectivity index (χ1) is 6.56. The lowest BCUT2D eigenvalue weighted by atomic mass is 10.0. The number of rotatable bonds is 3. The lowest BCUT2D eigenvalue weighted by molar-refractivity contribution is -0.143. The van der Waals surface area contributed by atoms with E-state index < -0.39 is 11.8 Å². The van der Waals surface area contributed by atoms with Crippen molar-refractivity contribution in [1.82, 2.24) is 0 Å². The van der Waals surface area contributed by atoms with Crippen LogP contribution >= 0.6 is 0 Å². The SMILES string of the molecule is COC1(O)C=CC(C=CC(=O)O)=CC1. The molecule has 4 nitrogen and oxygen atoms in total. The fraction of sp³-hybridized carbons (Fsp3) is 0.300. The van der Waals surface area contributed by atoms with E-state index in [2.05, 4.69) is 0 Å². The van der Waals surface area contributed by atoms with Gasteiger partial charge in [-0.3, -0.25) is 0 Å². The van der Waals surface area contributed by atoms with Gasteiger partial charge in [0.05, 0.1) is 0 Å². The Kier molecular flexibility index (Phi) is 3.22. The summed E-state index contributed by atoms with van der Waals surface area (Å²) < 4.78 is 4.84. The molecular formula is C10H12O4. The Morgan fingerprint density at radius 3 is 2.86 bits per heavy atom. The number of aliphatic hydroxyl groups is 1. The minimum Gasteiger partial charge on any atom is -0.478 e. The Labute approximate surface area is 81.8 Å². The van der Waals surface area contributed by atoms with Crippen molar-refractivity contribution in [2.75, 3.05) is 7.11 Å². The van der Waals surface area contributed by atoms with E-state index in [1.165, 1.54) is 19.3 Å². The molecule has 1 unspecified atom stereocenters. The van der Waals surface area contributed by atoms with Crippen LogP contribution in [-0.2, 0) is 9.53 Å². The molecule has 0 aromatic rings. The van der Waals surface area contributed by atoms with Gasteiger partial charge in [-0.2, -0.15) is 0 Å². The molecule has 4 heteroatoms. The van der Waals surface area contributed by atoms with Gasteiger partial charge in [0, 0.05) is 19.6 Å². The summed E-state index contributed by atoms with van der Waals surface area (Å²) in [5.74, 6) is -2.24. The second-order valence-electron chi connectivity index (χ2n) is 2.96. The van der Waals surface area contributed by atoms with Crippen LogP contribution in [0.25, 0.3) is 0 Å². The Bertz CT molecular complexity index is 314. The summed E-state index contributed by atoms with van der Waals surface area (Å²) in [5.41, 5.74) is 0.745. The number of carboxylic acid groups (broad SMARTS) is 1. The number of carboxylic acids is 1. The minimum atomic E-state index is -1.25. The molecule has 0 radical (unpaired) electrons. The topological polar surface area (TPSA) is 66.8 Å². The third kappa shape index (κ3) is 2.83. The molecule has 76 valence electrons. The van der Waals surface area contributed by atoms with Gasteiger partial charge in [0.15, 0.2) is 5.79 Å². The van der Waals surface area contributed by atoms with Crippen LogP contribution in [0.5, 0.6) is 0 Å². The molecule has 0 fully saturated rings. The predicted octanol–water partition coefficient (Wildman–Crippen LogP) is 0.849. The monoisotopic (exact) mass is 196 g/mol. The smallest absolute Gasteiger partial charge is 0.328 e. The maximum atomic E-state index is 10.2. The van der Waals surface area contributed by atoms with Crippen molar-refractivity contribution >= 4 is 5.97 Å². The van der Waals surface area contributed by atoms with E-state index in [1.807, 2.05) is 0 Å². The van der Waals surface area contributed by atoms with Gasteiger partial charge in [0.25, 0.3) is 0 Å². The highest BCUT2D eigenvalue weighted by molar-refractivity contribution is 5.80. The van der Waals surface area contributed by atoms with Gasteiger partial charge >= 0.3 is 5.97 Å². The fourth-order valence-corrected chi connectivity index (χ4v) is 1.07. The first-order valence-electron chi connectivity index (χ1n) is 4.14. The minimum absolute atomic E-state index is 0.319. The van der Waals surface area contributed by atoms with Crippen LogP contribution in [0.15, 0.2) is 36.0 Å². The lowest BCUT2D eigenvalue weighted by Gasteiger charge is -2.23. The molecule has 1 rings (SSSR count). The highest BCUT2D eigenvalue weighted by atomic mass is 16.6. The maximum absolute atomic E-state index is 10.2. The van der Waals surface area contributed by atoms with Crippen LogP contribution in [-0.4, -0.2) is 29.1 Å². The first-order valence-corrected chi connectivity index (χ1v) is 4.14. The molecule has 0 bridgehead atoms. The van der Waals surface area contributed by atoms with E-state index in [4.69, 9.17) is 9.84 Å². The second-order valence-corrected chi connectivity index (χ2v) is 2.96. The van der Waals surface area contributed by atoms with Crippen molar-refractivity contribution in [3.05, 3.63) is 36.0 Å². The summed E-state index contributed by atoms with van der Waals surface area (Å²) in [7, 11) is 1.41. The van der Waals surface area contributed by atoms with Gasteiger partial charge in [0.1, 0.15) is 0 Å². The van der Waals surface area contributed by atoms with Gasteiger partial charge in [-0.1, -0.05) is 12.2 Å². The molecule has 1 aliphatic rings. The number of methoxy groups -OCH3 is 1. The average Bonchev–Trinajstić information content (AvgIpc) is 2.17. The highest BCUT2D eigenvalue weighted by Crippen LogP contribution is 2.21. The van der Waals surface area contributed by atoms with Crippen molar-refractivity contribution < 1.29 is 19.7 Å². The van der Waals surface area contributed by atoms with Gasteiger partial charge in [0.2, 0.25) is 0 Å². The summed E-state index contributed by atoms with van der Waals surface area (Å²) >= 11 is 0. The zero-order chi connectivity index (χ0) is 10.6. The van der Waals surface area contributed by atoms with Crippen LogP contribution in [0.2, 0.25) is 0 Å². The Morgan fingerprint density at radius 2 is 2.43 bits per heavy atom. The van der Waals surface area contributed by atoms with E-state index in [0.29, 0.717) is 6.42 Å². The van der Waals surface area contributed by atoms with Gasteiger partial charge < -0.3 is 14.9 Å². The summed E-state index contributed by atoms with van der Waals surface area (Å²) in [4.78, 5) is 10.2. The zero-order valence-electron chi connectivity index (χ0n) is 7.80. The third-order valence-electron chi connectivity index (χ3n) is 1.94. The largest absolute Gasteiger partial charge is 0.478 e. The number of allylic oxidation sites excluding steroid dienone is 3. The fourth-order valence-electron chi connectivity index (χ4n) is 1.07. The molecule has 0 heterocycles.